The van der Waals surface area contributed by atoms with Crippen molar-refractivity contribution in [2.45, 2.75) is 13.8 Å². The number of rotatable bonds is 2. The van der Waals surface area contributed by atoms with E-state index in [0.717, 1.165) is 0 Å². The molecular formula is C16H16O6. The molecule has 0 unspecified atom stereocenters. The topological polar surface area (TPSA) is 115 Å². The van der Waals surface area contributed by atoms with Crippen LogP contribution in [0.4, 0.5) is 0 Å². The number of carboxylic acids is 2. The number of benzene rings is 2. The van der Waals surface area contributed by atoms with Crippen molar-refractivity contribution in [1.82, 2.24) is 0 Å². The molecule has 0 fully saturated rings. The first-order valence-corrected chi connectivity index (χ1v) is 6.28. The Kier molecular flexibility index (Phi) is 5.51. The number of aryl methyl sites for hydroxylation is 2. The summed E-state index contributed by atoms with van der Waals surface area (Å²) < 4.78 is 0. The lowest BCUT2D eigenvalue weighted by Gasteiger charge is -1.98. The zero-order chi connectivity index (χ0) is 16.9. The Labute approximate surface area is 126 Å². The third kappa shape index (κ3) is 4.52. The van der Waals surface area contributed by atoms with E-state index >= 15 is 0 Å². The second-order valence-electron chi connectivity index (χ2n) is 4.61. The van der Waals surface area contributed by atoms with E-state index in [1.54, 1.807) is 13.8 Å². The molecule has 0 atom stereocenters. The molecule has 4 N–H and O–H groups in total. The van der Waals surface area contributed by atoms with Crippen LogP contribution in [0.1, 0.15) is 31.8 Å². The van der Waals surface area contributed by atoms with Gasteiger partial charge in [-0.25, -0.2) is 9.59 Å². The van der Waals surface area contributed by atoms with E-state index in [-0.39, 0.29) is 22.6 Å². The molecule has 0 amide bonds. The van der Waals surface area contributed by atoms with Gasteiger partial charge >= 0.3 is 11.9 Å². The molecule has 0 aliphatic rings. The summed E-state index contributed by atoms with van der Waals surface area (Å²) in [5.41, 5.74) is 1.54. The van der Waals surface area contributed by atoms with Gasteiger partial charge in [0.15, 0.2) is 0 Å². The Morgan fingerprint density at radius 2 is 1.05 bits per heavy atom. The molecule has 0 aromatic heterocycles. The molecule has 2 aromatic carbocycles. The monoisotopic (exact) mass is 304 g/mol. The van der Waals surface area contributed by atoms with E-state index in [0.29, 0.717) is 11.1 Å². The lowest BCUT2D eigenvalue weighted by atomic mass is 10.1. The van der Waals surface area contributed by atoms with E-state index < -0.39 is 11.9 Å². The first-order valence-electron chi connectivity index (χ1n) is 6.28. The van der Waals surface area contributed by atoms with Crippen molar-refractivity contribution in [2.75, 3.05) is 0 Å². The zero-order valence-electron chi connectivity index (χ0n) is 12.1. The molecule has 0 bridgehead atoms. The summed E-state index contributed by atoms with van der Waals surface area (Å²) >= 11 is 0. The average Bonchev–Trinajstić information content (AvgIpc) is 2.45. The van der Waals surface area contributed by atoms with Gasteiger partial charge in [-0.1, -0.05) is 0 Å². The van der Waals surface area contributed by atoms with Gasteiger partial charge in [0, 0.05) is 0 Å². The summed E-state index contributed by atoms with van der Waals surface area (Å²) in [7, 11) is 0. The lowest BCUT2D eigenvalue weighted by Crippen LogP contribution is -1.95. The number of hydrogen-bond acceptors (Lipinski definition) is 4. The fourth-order valence-corrected chi connectivity index (χ4v) is 1.58. The quantitative estimate of drug-likeness (QED) is 0.678. The van der Waals surface area contributed by atoms with E-state index in [9.17, 15) is 9.59 Å². The van der Waals surface area contributed by atoms with Crippen molar-refractivity contribution in [2.24, 2.45) is 0 Å². The van der Waals surface area contributed by atoms with Gasteiger partial charge in [-0.3, -0.25) is 0 Å². The van der Waals surface area contributed by atoms with Crippen molar-refractivity contribution < 1.29 is 30.0 Å². The Morgan fingerprint density at radius 1 is 0.727 bits per heavy atom. The van der Waals surface area contributed by atoms with Gasteiger partial charge in [0.2, 0.25) is 0 Å². The molecule has 2 aromatic rings. The van der Waals surface area contributed by atoms with Crippen molar-refractivity contribution in [3.05, 3.63) is 58.7 Å². The van der Waals surface area contributed by atoms with Crippen LogP contribution in [0.2, 0.25) is 0 Å². The first kappa shape index (κ1) is 17.0. The molecule has 0 aliphatic carbocycles. The summed E-state index contributed by atoms with van der Waals surface area (Å²) in [6.45, 7) is 3.31. The summed E-state index contributed by atoms with van der Waals surface area (Å²) in [6.07, 6.45) is 0. The van der Waals surface area contributed by atoms with Crippen LogP contribution in [-0.4, -0.2) is 32.4 Å². The molecule has 116 valence electrons. The third-order valence-corrected chi connectivity index (χ3v) is 2.89. The first-order chi connectivity index (χ1) is 10.2. The summed E-state index contributed by atoms with van der Waals surface area (Å²) in [4.78, 5) is 20.8. The number of aromatic carboxylic acids is 2. The molecule has 0 heterocycles. The van der Waals surface area contributed by atoms with E-state index in [1.807, 2.05) is 0 Å². The van der Waals surface area contributed by atoms with E-state index in [2.05, 4.69) is 0 Å². The molecule has 0 spiro atoms. The second-order valence-corrected chi connectivity index (χ2v) is 4.61. The lowest BCUT2D eigenvalue weighted by molar-refractivity contribution is 0.0686. The molecule has 22 heavy (non-hydrogen) atoms. The van der Waals surface area contributed by atoms with Gasteiger partial charge in [-0.05, 0) is 61.4 Å². The standard InChI is InChI=1S/2C8H8O3/c2*1-5-4-6(8(10)11)2-3-7(5)9/h2*2-4,9H,1H3,(H,10,11). The Hall–Kier alpha value is -3.02. The second kappa shape index (κ2) is 7.12. The van der Waals surface area contributed by atoms with Crippen molar-refractivity contribution in [1.29, 1.82) is 0 Å². The van der Waals surface area contributed by atoms with Crippen LogP contribution in [0.15, 0.2) is 36.4 Å². The predicted octanol–water partition coefficient (Wildman–Crippen LogP) is 2.80. The summed E-state index contributed by atoms with van der Waals surface area (Å²) in [6, 6.07) is 8.34. The van der Waals surface area contributed by atoms with Crippen LogP contribution < -0.4 is 0 Å². The Balaban J connectivity index is 0.000000220. The van der Waals surface area contributed by atoms with Crippen LogP contribution in [0, 0.1) is 13.8 Å². The molecule has 0 aliphatic heterocycles. The highest BCUT2D eigenvalue weighted by Crippen LogP contribution is 2.17. The van der Waals surface area contributed by atoms with Gasteiger partial charge in [-0.2, -0.15) is 0 Å². The number of aromatic hydroxyl groups is 2. The van der Waals surface area contributed by atoms with Crippen molar-refractivity contribution in [3.63, 3.8) is 0 Å². The molecule has 6 nitrogen and oxygen atoms in total. The van der Waals surface area contributed by atoms with Gasteiger partial charge in [0.25, 0.3) is 0 Å². The minimum absolute atomic E-state index is 0.120. The maximum absolute atomic E-state index is 10.4. The van der Waals surface area contributed by atoms with E-state index in [1.165, 1.54) is 36.4 Å². The smallest absolute Gasteiger partial charge is 0.335 e. The fourth-order valence-electron chi connectivity index (χ4n) is 1.58. The highest BCUT2D eigenvalue weighted by atomic mass is 16.4. The number of hydrogen-bond donors (Lipinski definition) is 4. The predicted molar refractivity (Wildman–Crippen MR) is 79.6 cm³/mol. The number of phenols is 2. The van der Waals surface area contributed by atoms with Crippen LogP contribution in [0.5, 0.6) is 11.5 Å². The summed E-state index contributed by atoms with van der Waals surface area (Å²) in [5.74, 6) is -1.72. The van der Waals surface area contributed by atoms with Gasteiger partial charge in [0.1, 0.15) is 11.5 Å². The molecule has 0 saturated carbocycles. The Morgan fingerprint density at radius 3 is 1.27 bits per heavy atom. The third-order valence-electron chi connectivity index (χ3n) is 2.89. The van der Waals surface area contributed by atoms with Crippen LogP contribution in [0.3, 0.4) is 0 Å². The minimum Gasteiger partial charge on any atom is -0.508 e. The zero-order valence-corrected chi connectivity index (χ0v) is 12.1. The minimum atomic E-state index is -0.979. The number of phenolic OH excluding ortho intramolecular Hbond substituents is 2. The fraction of sp³-hybridized carbons (Fsp3) is 0.125. The molecule has 0 radical (unpaired) electrons. The molecular weight excluding hydrogens is 288 g/mol. The molecule has 0 saturated heterocycles. The molecule has 6 heteroatoms. The van der Waals surface area contributed by atoms with Crippen LogP contribution in [-0.2, 0) is 0 Å². The SMILES string of the molecule is Cc1cc(C(=O)O)ccc1O.Cc1cc(C(=O)O)ccc1O. The van der Waals surface area contributed by atoms with Crippen LogP contribution >= 0.6 is 0 Å². The number of carbonyl (C=O) groups is 2. The Bertz CT molecular complexity index is 644. The average molecular weight is 304 g/mol. The number of carboxylic acid groups (broad SMARTS) is 2. The van der Waals surface area contributed by atoms with Crippen molar-refractivity contribution in [3.8, 4) is 11.5 Å². The normalized spacial score (nSPS) is 9.55. The summed E-state index contributed by atoms with van der Waals surface area (Å²) in [5, 5.41) is 35.1. The highest BCUT2D eigenvalue weighted by molar-refractivity contribution is 5.88. The van der Waals surface area contributed by atoms with E-state index in [4.69, 9.17) is 20.4 Å². The van der Waals surface area contributed by atoms with Crippen molar-refractivity contribution >= 4 is 11.9 Å². The van der Waals surface area contributed by atoms with Crippen LogP contribution in [0.25, 0.3) is 0 Å². The maximum Gasteiger partial charge on any atom is 0.335 e. The molecule has 2 rings (SSSR count). The van der Waals surface area contributed by atoms with Gasteiger partial charge < -0.3 is 20.4 Å². The highest BCUT2D eigenvalue weighted by Gasteiger charge is 2.04. The van der Waals surface area contributed by atoms with Gasteiger partial charge in [0.05, 0.1) is 11.1 Å². The maximum atomic E-state index is 10.4. The largest absolute Gasteiger partial charge is 0.508 e. The van der Waals surface area contributed by atoms with Gasteiger partial charge in [-0.15, -0.1) is 0 Å².